The second-order valence-corrected chi connectivity index (χ2v) is 5.95. The van der Waals surface area contributed by atoms with Crippen molar-refractivity contribution in [2.24, 2.45) is 0 Å². The lowest BCUT2D eigenvalue weighted by Gasteiger charge is -2.37. The molecule has 1 aromatic rings. The number of ether oxygens (including phenoxy) is 3. The average Bonchev–Trinajstić information content (AvgIpc) is 3.02. The molecule has 1 N–H and O–H groups in total. The highest BCUT2D eigenvalue weighted by Crippen LogP contribution is 2.33. The van der Waals surface area contributed by atoms with Crippen LogP contribution in [0.4, 0.5) is 5.69 Å². The molecule has 0 atom stereocenters. The van der Waals surface area contributed by atoms with E-state index < -0.39 is 5.79 Å². The van der Waals surface area contributed by atoms with E-state index in [0.29, 0.717) is 56.1 Å². The van der Waals surface area contributed by atoms with Crippen molar-refractivity contribution in [1.82, 2.24) is 4.90 Å². The van der Waals surface area contributed by atoms with Gasteiger partial charge in [-0.1, -0.05) is 0 Å². The Morgan fingerprint density at radius 3 is 2.65 bits per heavy atom. The average molecular weight is 318 g/mol. The molecular weight excluding hydrogens is 300 g/mol. The third-order valence-electron chi connectivity index (χ3n) is 4.49. The van der Waals surface area contributed by atoms with E-state index in [9.17, 15) is 9.59 Å². The van der Waals surface area contributed by atoms with Crippen LogP contribution in [0.5, 0.6) is 5.75 Å². The molecule has 0 saturated carbocycles. The molecule has 2 saturated heterocycles. The quantitative estimate of drug-likeness (QED) is 0.836. The number of fused-ring (bicyclic) bond motifs is 1. The van der Waals surface area contributed by atoms with Gasteiger partial charge in [-0.2, -0.15) is 0 Å². The van der Waals surface area contributed by atoms with Gasteiger partial charge in [0.25, 0.3) is 11.8 Å². The van der Waals surface area contributed by atoms with E-state index in [-0.39, 0.29) is 18.4 Å². The molecule has 7 nitrogen and oxygen atoms in total. The summed E-state index contributed by atoms with van der Waals surface area (Å²) in [6.45, 7) is 2.44. The fraction of sp³-hybridized carbons (Fsp3) is 0.500. The maximum Gasteiger partial charge on any atom is 0.262 e. The van der Waals surface area contributed by atoms with Gasteiger partial charge in [0.2, 0.25) is 0 Å². The summed E-state index contributed by atoms with van der Waals surface area (Å²) in [7, 11) is 0. The number of piperidine rings is 1. The monoisotopic (exact) mass is 318 g/mol. The van der Waals surface area contributed by atoms with Gasteiger partial charge in [-0.3, -0.25) is 9.59 Å². The van der Waals surface area contributed by atoms with Gasteiger partial charge in [0.1, 0.15) is 5.75 Å². The van der Waals surface area contributed by atoms with Gasteiger partial charge in [0.05, 0.1) is 18.9 Å². The molecule has 0 unspecified atom stereocenters. The molecule has 2 amide bonds. The van der Waals surface area contributed by atoms with Crippen molar-refractivity contribution < 1.29 is 23.8 Å². The Hall–Kier alpha value is -2.12. The van der Waals surface area contributed by atoms with E-state index in [4.69, 9.17) is 14.2 Å². The smallest absolute Gasteiger partial charge is 0.262 e. The van der Waals surface area contributed by atoms with E-state index >= 15 is 0 Å². The fourth-order valence-corrected chi connectivity index (χ4v) is 3.23. The first kappa shape index (κ1) is 14.5. The van der Waals surface area contributed by atoms with Gasteiger partial charge in [0, 0.05) is 31.5 Å². The van der Waals surface area contributed by atoms with Crippen LogP contribution in [-0.4, -0.2) is 55.4 Å². The van der Waals surface area contributed by atoms with Crippen molar-refractivity contribution in [1.29, 1.82) is 0 Å². The zero-order valence-corrected chi connectivity index (χ0v) is 12.7. The normalized spacial score (nSPS) is 22.4. The Morgan fingerprint density at radius 2 is 1.91 bits per heavy atom. The van der Waals surface area contributed by atoms with Crippen molar-refractivity contribution in [2.75, 3.05) is 38.2 Å². The van der Waals surface area contributed by atoms with Crippen LogP contribution >= 0.6 is 0 Å². The topological polar surface area (TPSA) is 77.1 Å². The molecule has 1 spiro atoms. The fourth-order valence-electron chi connectivity index (χ4n) is 3.23. The van der Waals surface area contributed by atoms with Crippen LogP contribution < -0.4 is 10.1 Å². The number of benzene rings is 1. The van der Waals surface area contributed by atoms with E-state index in [1.54, 1.807) is 23.1 Å². The van der Waals surface area contributed by atoms with Crippen molar-refractivity contribution in [3.05, 3.63) is 23.8 Å². The zero-order chi connectivity index (χ0) is 15.9. The number of anilines is 1. The number of hydrogen-bond acceptors (Lipinski definition) is 5. The highest BCUT2D eigenvalue weighted by molar-refractivity contribution is 5.99. The molecule has 7 heteroatoms. The number of amides is 2. The first-order valence-corrected chi connectivity index (χ1v) is 7.79. The third kappa shape index (κ3) is 2.66. The van der Waals surface area contributed by atoms with Gasteiger partial charge in [-0.15, -0.1) is 0 Å². The van der Waals surface area contributed by atoms with Crippen molar-refractivity contribution in [3.8, 4) is 5.75 Å². The summed E-state index contributed by atoms with van der Waals surface area (Å²) in [5.41, 5.74) is 1.16. The predicted molar refractivity (Wildman–Crippen MR) is 80.3 cm³/mol. The summed E-state index contributed by atoms with van der Waals surface area (Å²) >= 11 is 0. The maximum atomic E-state index is 12.7. The van der Waals surface area contributed by atoms with Crippen LogP contribution in [0.1, 0.15) is 23.2 Å². The van der Waals surface area contributed by atoms with E-state index in [0.717, 1.165) is 0 Å². The minimum Gasteiger partial charge on any atom is -0.482 e. The molecule has 3 aliphatic rings. The highest BCUT2D eigenvalue weighted by Gasteiger charge is 2.40. The molecule has 0 radical (unpaired) electrons. The summed E-state index contributed by atoms with van der Waals surface area (Å²) < 4.78 is 16.7. The predicted octanol–water partition coefficient (Wildman–Crippen LogP) is 0.997. The van der Waals surface area contributed by atoms with Crippen molar-refractivity contribution in [2.45, 2.75) is 18.6 Å². The highest BCUT2D eigenvalue weighted by atomic mass is 16.7. The van der Waals surface area contributed by atoms with E-state index in [1.807, 2.05) is 0 Å². The number of nitrogens with zero attached hydrogens (tertiary/aromatic N) is 1. The molecule has 23 heavy (non-hydrogen) atoms. The third-order valence-corrected chi connectivity index (χ3v) is 4.49. The number of likely N-dealkylation sites (tertiary alicyclic amines) is 1. The SMILES string of the molecule is O=C1COc2cc(C(=O)N3CCC4(CC3)OCCO4)ccc2N1. The number of carbonyl (C=O) groups excluding carboxylic acids is 2. The second-order valence-electron chi connectivity index (χ2n) is 5.95. The van der Waals surface area contributed by atoms with Crippen LogP contribution in [0.2, 0.25) is 0 Å². The van der Waals surface area contributed by atoms with E-state index in [2.05, 4.69) is 5.32 Å². The first-order chi connectivity index (χ1) is 11.2. The summed E-state index contributed by atoms with van der Waals surface area (Å²) in [5.74, 6) is -0.179. The molecule has 122 valence electrons. The van der Waals surface area contributed by atoms with E-state index in [1.165, 1.54) is 0 Å². The molecule has 4 rings (SSSR count). The van der Waals surface area contributed by atoms with Crippen molar-refractivity contribution >= 4 is 17.5 Å². The minimum atomic E-state index is -0.486. The van der Waals surface area contributed by atoms with Crippen LogP contribution in [-0.2, 0) is 14.3 Å². The minimum absolute atomic E-state index is 0.0223. The van der Waals surface area contributed by atoms with Crippen LogP contribution in [0.3, 0.4) is 0 Å². The first-order valence-electron chi connectivity index (χ1n) is 7.79. The summed E-state index contributed by atoms with van der Waals surface area (Å²) in [6.07, 6.45) is 1.38. The molecule has 1 aromatic carbocycles. The number of nitrogens with one attached hydrogen (secondary N) is 1. The zero-order valence-electron chi connectivity index (χ0n) is 12.7. The Bertz CT molecular complexity index is 644. The molecule has 0 aromatic heterocycles. The molecule has 2 fully saturated rings. The summed E-state index contributed by atoms with van der Waals surface area (Å²) in [5, 5.41) is 2.72. The Labute approximate surface area is 133 Å². The Morgan fingerprint density at radius 1 is 1.17 bits per heavy atom. The van der Waals surface area contributed by atoms with Crippen LogP contribution in [0.25, 0.3) is 0 Å². The summed E-state index contributed by atoms with van der Waals surface area (Å²) in [6, 6.07) is 5.10. The Balaban J connectivity index is 1.46. The second kappa shape index (κ2) is 5.50. The lowest BCUT2D eigenvalue weighted by atomic mass is 10.0. The van der Waals surface area contributed by atoms with Gasteiger partial charge >= 0.3 is 0 Å². The number of carbonyl (C=O) groups is 2. The molecule has 3 heterocycles. The standard InChI is InChI=1S/C16H18N2O5/c19-14-10-21-13-9-11(1-2-12(13)17-14)15(20)18-5-3-16(4-6-18)22-7-8-23-16/h1-2,9H,3-8,10H2,(H,17,19). The van der Waals surface area contributed by atoms with Crippen LogP contribution in [0, 0.1) is 0 Å². The van der Waals surface area contributed by atoms with Gasteiger partial charge in [0.15, 0.2) is 12.4 Å². The molecule has 3 aliphatic heterocycles. The Kier molecular flexibility index (Phi) is 3.46. The lowest BCUT2D eigenvalue weighted by molar-refractivity contribution is -0.181. The maximum absolute atomic E-state index is 12.7. The number of hydrogen-bond donors (Lipinski definition) is 1. The van der Waals surface area contributed by atoms with Crippen LogP contribution in [0.15, 0.2) is 18.2 Å². The van der Waals surface area contributed by atoms with Gasteiger partial charge < -0.3 is 24.4 Å². The largest absolute Gasteiger partial charge is 0.482 e. The van der Waals surface area contributed by atoms with Gasteiger partial charge in [-0.05, 0) is 18.2 Å². The summed E-state index contributed by atoms with van der Waals surface area (Å²) in [4.78, 5) is 25.7. The molecule has 0 bridgehead atoms. The van der Waals surface area contributed by atoms with Crippen molar-refractivity contribution in [3.63, 3.8) is 0 Å². The molecule has 0 aliphatic carbocycles. The molecular formula is C16H18N2O5. The van der Waals surface area contributed by atoms with Gasteiger partial charge in [-0.25, -0.2) is 0 Å². The lowest BCUT2D eigenvalue weighted by Crippen LogP contribution is -2.47. The number of rotatable bonds is 1.